The third-order valence-electron chi connectivity index (χ3n) is 3.95. The van der Waals surface area contributed by atoms with Crippen LogP contribution in [0.3, 0.4) is 0 Å². The predicted octanol–water partition coefficient (Wildman–Crippen LogP) is 2.95. The van der Waals surface area contributed by atoms with Crippen molar-refractivity contribution in [3.05, 3.63) is 0 Å². The monoisotopic (exact) mass is 449 g/mol. The van der Waals surface area contributed by atoms with Gasteiger partial charge in [0, 0.05) is 12.8 Å². The Kier molecular flexibility index (Phi) is 19.0. The molecular formula is C20H35NO10. The Bertz CT molecular complexity index is 468. The molecule has 3 N–H and O–H groups in total. The Balaban J connectivity index is 3.27. The van der Waals surface area contributed by atoms with Gasteiger partial charge in [-0.3, -0.25) is 9.59 Å². The molecule has 0 aromatic rings. The Morgan fingerprint density at radius 2 is 0.839 bits per heavy atom. The van der Waals surface area contributed by atoms with Crippen LogP contribution in [0.2, 0.25) is 0 Å². The van der Waals surface area contributed by atoms with Crippen LogP contribution in [0.15, 0.2) is 0 Å². The standard InChI is InChI=1S/C20H35NO10/c22-17(23)9-1-5-13-28-19(26)30-15-7-3-11-21-12-4-8-16-31-20(27)29-14-6-2-10-18(24)25/h21H,1-16H2,(H,22,23)(H,24,25). The lowest BCUT2D eigenvalue weighted by molar-refractivity contribution is -0.138. The van der Waals surface area contributed by atoms with Crippen molar-refractivity contribution in [2.24, 2.45) is 0 Å². The van der Waals surface area contributed by atoms with Crippen LogP contribution in [0.4, 0.5) is 9.59 Å². The first-order valence-electron chi connectivity index (χ1n) is 10.6. The zero-order chi connectivity index (χ0) is 23.2. The molecule has 0 bridgehead atoms. The van der Waals surface area contributed by atoms with Gasteiger partial charge >= 0.3 is 24.2 Å². The minimum atomic E-state index is -0.868. The maximum atomic E-state index is 11.3. The Morgan fingerprint density at radius 3 is 1.16 bits per heavy atom. The van der Waals surface area contributed by atoms with Crippen LogP contribution in [-0.2, 0) is 28.5 Å². The summed E-state index contributed by atoms with van der Waals surface area (Å²) < 4.78 is 19.5. The van der Waals surface area contributed by atoms with E-state index < -0.39 is 24.2 Å². The summed E-state index contributed by atoms with van der Waals surface area (Å²) in [5, 5.41) is 20.2. The van der Waals surface area contributed by atoms with Crippen LogP contribution in [0.5, 0.6) is 0 Å². The highest BCUT2D eigenvalue weighted by Gasteiger charge is 2.05. The molecule has 0 radical (unpaired) electrons. The van der Waals surface area contributed by atoms with Crippen LogP contribution in [0.25, 0.3) is 0 Å². The summed E-state index contributed by atoms with van der Waals surface area (Å²) in [7, 11) is 0. The fourth-order valence-corrected chi connectivity index (χ4v) is 2.29. The molecular weight excluding hydrogens is 414 g/mol. The molecule has 0 aromatic carbocycles. The molecule has 0 atom stereocenters. The Hall–Kier alpha value is -2.56. The topological polar surface area (TPSA) is 158 Å². The molecule has 0 aromatic heterocycles. The van der Waals surface area contributed by atoms with E-state index in [1.165, 1.54) is 0 Å². The number of carbonyl (C=O) groups is 4. The molecule has 0 saturated carbocycles. The van der Waals surface area contributed by atoms with Crippen molar-refractivity contribution in [3.63, 3.8) is 0 Å². The zero-order valence-corrected chi connectivity index (χ0v) is 18.0. The van der Waals surface area contributed by atoms with Crippen LogP contribution in [0, 0.1) is 0 Å². The number of nitrogens with one attached hydrogen (secondary N) is 1. The van der Waals surface area contributed by atoms with E-state index in [9.17, 15) is 19.2 Å². The van der Waals surface area contributed by atoms with Gasteiger partial charge in [-0.15, -0.1) is 0 Å². The number of carbonyl (C=O) groups excluding carboxylic acids is 2. The van der Waals surface area contributed by atoms with Crippen molar-refractivity contribution in [3.8, 4) is 0 Å². The van der Waals surface area contributed by atoms with Crippen LogP contribution in [0.1, 0.15) is 64.2 Å². The summed E-state index contributed by atoms with van der Waals surface area (Å²) in [6.07, 6.45) is 3.60. The SMILES string of the molecule is O=C(O)CCCCOC(=O)OCCCCNCCCCOC(=O)OCCCCC(=O)O. The second-order valence-corrected chi connectivity index (χ2v) is 6.76. The van der Waals surface area contributed by atoms with E-state index in [1.807, 2.05) is 0 Å². The van der Waals surface area contributed by atoms with Crippen LogP contribution >= 0.6 is 0 Å². The van der Waals surface area contributed by atoms with E-state index in [0.29, 0.717) is 38.5 Å². The summed E-state index contributed by atoms with van der Waals surface area (Å²) >= 11 is 0. The summed E-state index contributed by atoms with van der Waals surface area (Å²) in [4.78, 5) is 43.2. The fraction of sp³-hybridized carbons (Fsp3) is 0.800. The van der Waals surface area contributed by atoms with Gasteiger partial charge in [0.25, 0.3) is 0 Å². The van der Waals surface area contributed by atoms with E-state index in [2.05, 4.69) is 5.32 Å². The Morgan fingerprint density at radius 1 is 0.516 bits per heavy atom. The number of ether oxygens (including phenoxy) is 4. The smallest absolute Gasteiger partial charge is 0.481 e. The molecule has 0 aliphatic heterocycles. The second-order valence-electron chi connectivity index (χ2n) is 6.76. The van der Waals surface area contributed by atoms with E-state index in [0.717, 1.165) is 25.9 Å². The van der Waals surface area contributed by atoms with Crippen molar-refractivity contribution in [2.45, 2.75) is 64.2 Å². The first-order chi connectivity index (χ1) is 14.9. The molecule has 11 heteroatoms. The molecule has 0 unspecified atom stereocenters. The van der Waals surface area contributed by atoms with Crippen molar-refractivity contribution in [1.82, 2.24) is 5.32 Å². The third-order valence-corrected chi connectivity index (χ3v) is 3.95. The van der Waals surface area contributed by atoms with Gasteiger partial charge in [0.15, 0.2) is 0 Å². The first kappa shape index (κ1) is 28.4. The number of carboxylic acid groups (broad SMARTS) is 2. The maximum Gasteiger partial charge on any atom is 0.508 e. The molecule has 0 aliphatic carbocycles. The molecule has 0 rings (SSSR count). The summed E-state index contributed by atoms with van der Waals surface area (Å²) in [5.41, 5.74) is 0. The van der Waals surface area contributed by atoms with Crippen LogP contribution < -0.4 is 5.32 Å². The van der Waals surface area contributed by atoms with Gasteiger partial charge in [0.2, 0.25) is 0 Å². The molecule has 180 valence electrons. The van der Waals surface area contributed by atoms with E-state index >= 15 is 0 Å². The third kappa shape index (κ3) is 23.6. The number of hydrogen-bond donors (Lipinski definition) is 3. The van der Waals surface area contributed by atoms with Crippen LogP contribution in [-0.4, -0.2) is 74.0 Å². The van der Waals surface area contributed by atoms with Crippen molar-refractivity contribution in [1.29, 1.82) is 0 Å². The average Bonchev–Trinajstić information content (AvgIpc) is 2.71. The van der Waals surface area contributed by atoms with E-state index in [4.69, 9.17) is 29.2 Å². The highest BCUT2D eigenvalue weighted by Crippen LogP contribution is 1.99. The molecule has 31 heavy (non-hydrogen) atoms. The quantitative estimate of drug-likeness (QED) is 0.185. The van der Waals surface area contributed by atoms with E-state index in [1.54, 1.807) is 0 Å². The minimum Gasteiger partial charge on any atom is -0.481 e. The van der Waals surface area contributed by atoms with Gasteiger partial charge in [0.1, 0.15) is 0 Å². The molecule has 0 heterocycles. The van der Waals surface area contributed by atoms with Gasteiger partial charge in [-0.1, -0.05) is 0 Å². The lowest BCUT2D eigenvalue weighted by Crippen LogP contribution is -2.18. The second kappa shape index (κ2) is 20.7. The molecule has 0 saturated heterocycles. The minimum absolute atomic E-state index is 0.0581. The normalized spacial score (nSPS) is 10.3. The summed E-state index contributed by atoms with van der Waals surface area (Å²) in [6.45, 7) is 2.38. The zero-order valence-electron chi connectivity index (χ0n) is 18.0. The molecule has 0 amide bonds. The lowest BCUT2D eigenvalue weighted by Gasteiger charge is -2.07. The van der Waals surface area contributed by atoms with Crippen molar-refractivity contribution in [2.75, 3.05) is 39.5 Å². The van der Waals surface area contributed by atoms with Gasteiger partial charge in [-0.05, 0) is 64.5 Å². The summed E-state index contributed by atoms with van der Waals surface area (Å²) in [6, 6.07) is 0. The number of carboxylic acids is 2. The predicted molar refractivity (Wildman–Crippen MR) is 109 cm³/mol. The number of rotatable bonds is 20. The molecule has 0 fully saturated rings. The van der Waals surface area contributed by atoms with E-state index in [-0.39, 0.29) is 39.3 Å². The van der Waals surface area contributed by atoms with Crippen molar-refractivity contribution < 1.29 is 48.3 Å². The fourth-order valence-electron chi connectivity index (χ4n) is 2.29. The molecule has 0 spiro atoms. The summed E-state index contributed by atoms with van der Waals surface area (Å²) in [5.74, 6) is -1.74. The highest BCUT2D eigenvalue weighted by atomic mass is 16.7. The molecule has 0 aliphatic rings. The number of aliphatic carboxylic acids is 2. The van der Waals surface area contributed by atoms with Gasteiger partial charge in [-0.2, -0.15) is 0 Å². The largest absolute Gasteiger partial charge is 0.508 e. The molecule has 11 nitrogen and oxygen atoms in total. The average molecular weight is 449 g/mol. The number of unbranched alkanes of at least 4 members (excludes halogenated alkanes) is 4. The van der Waals surface area contributed by atoms with Gasteiger partial charge in [-0.25, -0.2) is 9.59 Å². The number of hydrogen-bond acceptors (Lipinski definition) is 9. The first-order valence-corrected chi connectivity index (χ1v) is 10.6. The van der Waals surface area contributed by atoms with Crippen molar-refractivity contribution >= 4 is 24.2 Å². The lowest BCUT2D eigenvalue weighted by atomic mass is 10.2. The van der Waals surface area contributed by atoms with Gasteiger partial charge in [0.05, 0.1) is 26.4 Å². The Labute approximate surface area is 182 Å². The van der Waals surface area contributed by atoms with Gasteiger partial charge < -0.3 is 34.5 Å². The maximum absolute atomic E-state index is 11.3. The highest BCUT2D eigenvalue weighted by molar-refractivity contribution is 5.66.